The number of carbonyl (C=O) groups is 2. The number of carbonyl (C=O) groups excluding carboxylic acids is 2. The Balaban J connectivity index is 1.41. The third-order valence-electron chi connectivity index (χ3n) is 8.48. The molecule has 2 N–H and O–H groups in total. The summed E-state index contributed by atoms with van der Waals surface area (Å²) >= 11 is 17.7. The van der Waals surface area contributed by atoms with E-state index in [9.17, 15) is 46.7 Å². The lowest BCUT2D eigenvalue weighted by atomic mass is 10.0. The Labute approximate surface area is 294 Å². The van der Waals surface area contributed by atoms with Crippen LogP contribution in [-0.4, -0.2) is 51.0 Å². The minimum absolute atomic E-state index is 0.135. The molecule has 1 aromatic heterocycles. The molecule has 1 unspecified atom stereocenters. The highest BCUT2D eigenvalue weighted by Crippen LogP contribution is 2.48. The number of urea groups is 1. The molecule has 1 aliphatic carbocycles. The predicted molar refractivity (Wildman–Crippen MR) is 170 cm³/mol. The van der Waals surface area contributed by atoms with Crippen molar-refractivity contribution < 1.29 is 36.6 Å². The zero-order valence-electron chi connectivity index (χ0n) is 24.9. The number of aromatic amines is 1. The number of alkyl halides is 6. The number of nitriles is 1. The zero-order chi connectivity index (χ0) is 35.6. The molecule has 6 rings (SSSR count). The smallest absolute Gasteiger partial charge is 0.417 e. The van der Waals surface area contributed by atoms with E-state index in [-0.39, 0.29) is 53.3 Å². The van der Waals surface area contributed by atoms with Crippen molar-refractivity contribution in [1.29, 1.82) is 5.26 Å². The summed E-state index contributed by atoms with van der Waals surface area (Å²) in [6.45, 7) is 0.676. The number of pyridine rings is 1. The second-order valence-corrected chi connectivity index (χ2v) is 14.0. The molecule has 2 aromatic carbocycles. The van der Waals surface area contributed by atoms with Crippen LogP contribution in [0.2, 0.25) is 10.0 Å². The van der Waals surface area contributed by atoms with Crippen LogP contribution in [0.3, 0.4) is 0 Å². The largest absolute Gasteiger partial charge is 0.506 e. The summed E-state index contributed by atoms with van der Waals surface area (Å²) in [7, 11) is 0. The second-order valence-electron chi connectivity index (χ2n) is 11.7. The molecule has 49 heavy (non-hydrogen) atoms. The number of halogens is 8. The lowest BCUT2D eigenvalue weighted by Crippen LogP contribution is -2.50. The van der Waals surface area contributed by atoms with Crippen LogP contribution in [0.1, 0.15) is 64.5 Å². The molecule has 9 nitrogen and oxygen atoms in total. The average Bonchev–Trinajstić information content (AvgIpc) is 3.80. The normalized spacial score (nSPS) is 18.1. The molecule has 18 heteroatoms. The molecule has 0 bridgehead atoms. The first-order valence-corrected chi connectivity index (χ1v) is 16.7. The summed E-state index contributed by atoms with van der Waals surface area (Å²) in [6, 6.07) is 5.77. The third-order valence-corrected chi connectivity index (χ3v) is 10.8. The summed E-state index contributed by atoms with van der Waals surface area (Å²) in [5, 5.41) is 15.3. The van der Waals surface area contributed by atoms with Gasteiger partial charge in [-0.15, -0.1) is 0 Å². The van der Waals surface area contributed by atoms with Gasteiger partial charge >= 0.3 is 17.6 Å². The number of hydrogen-bond donors (Lipinski definition) is 2. The van der Waals surface area contributed by atoms with Gasteiger partial charge in [0.2, 0.25) is 0 Å². The first-order valence-electron chi connectivity index (χ1n) is 14.7. The number of anilines is 1. The van der Waals surface area contributed by atoms with Gasteiger partial charge < -0.3 is 19.9 Å². The molecule has 1 saturated carbocycles. The number of nitrogens with zero attached hydrogens (tertiary/aromatic N) is 4. The number of fused-ring (bicyclic) bond motifs is 1. The number of aromatic nitrogens is 1. The standard InChI is InChI=1S/C31H23Cl3F5N5O4S/c32-18-5-4-17(31(37,38)39)25(33)26(18)49-22-12-23(30(34,35)36)41-27(46)24(22)28(47)44-13-14-10-20(21(45)11-16(14)19(44)6-7-40)43-9-1-8-42(29(43)48)15-2-3-15/h4-5,10-12,15,19,45H,1-3,6,8-9,13H2,(H,41,46). The highest BCUT2D eigenvalue weighted by atomic mass is 35.5. The monoisotopic (exact) mass is 761 g/mol. The van der Waals surface area contributed by atoms with Gasteiger partial charge in [0.15, 0.2) is 0 Å². The van der Waals surface area contributed by atoms with Crippen LogP contribution in [0.5, 0.6) is 5.75 Å². The summed E-state index contributed by atoms with van der Waals surface area (Å²) in [6.07, 6.45) is -2.82. The van der Waals surface area contributed by atoms with Gasteiger partial charge in [0.05, 0.1) is 44.7 Å². The first-order chi connectivity index (χ1) is 23.0. The number of aromatic hydroxyl groups is 1. The maximum atomic E-state index is 14.2. The fourth-order valence-electron chi connectivity index (χ4n) is 6.05. The highest BCUT2D eigenvalue weighted by Gasteiger charge is 2.42. The van der Waals surface area contributed by atoms with Gasteiger partial charge in [-0.05, 0) is 72.3 Å². The number of rotatable bonds is 7. The van der Waals surface area contributed by atoms with Gasteiger partial charge in [-0.1, -0.05) is 35.0 Å². The quantitative estimate of drug-likeness (QED) is 0.185. The van der Waals surface area contributed by atoms with Crippen molar-refractivity contribution in [3.8, 4) is 11.8 Å². The van der Waals surface area contributed by atoms with Gasteiger partial charge in [0.25, 0.3) is 11.5 Å². The van der Waals surface area contributed by atoms with Crippen molar-refractivity contribution in [2.24, 2.45) is 0 Å². The fraction of sp³-hybridized carbons (Fsp3) is 0.355. The number of H-pyrrole nitrogens is 1. The molecule has 3 heterocycles. The summed E-state index contributed by atoms with van der Waals surface area (Å²) in [5.74, 6) is -1.35. The van der Waals surface area contributed by atoms with Crippen molar-refractivity contribution in [2.45, 2.75) is 65.7 Å². The number of phenolic OH excluding ortho intramolecular Hbond substituents is 1. The van der Waals surface area contributed by atoms with Crippen molar-refractivity contribution in [3.63, 3.8) is 0 Å². The molecule has 2 aliphatic heterocycles. The van der Waals surface area contributed by atoms with E-state index < -0.39 is 60.7 Å². The van der Waals surface area contributed by atoms with Gasteiger partial charge in [0, 0.05) is 30.6 Å². The average molecular weight is 763 g/mol. The van der Waals surface area contributed by atoms with Crippen LogP contribution < -0.4 is 10.5 Å². The van der Waals surface area contributed by atoms with Crippen LogP contribution in [0.25, 0.3) is 0 Å². The Kier molecular flexibility index (Phi) is 9.23. The first kappa shape index (κ1) is 35.1. The Hall–Kier alpha value is -3.71. The van der Waals surface area contributed by atoms with Gasteiger partial charge in [-0.2, -0.15) is 27.2 Å². The number of hydrogen-bond acceptors (Lipinski definition) is 6. The summed E-state index contributed by atoms with van der Waals surface area (Å²) < 4.78 is 69.4. The molecule has 3 amide bonds. The van der Waals surface area contributed by atoms with Crippen molar-refractivity contribution in [3.05, 3.63) is 78.7 Å². The van der Waals surface area contributed by atoms with E-state index in [1.807, 2.05) is 11.1 Å². The van der Waals surface area contributed by atoms with Crippen LogP contribution in [0.4, 0.5) is 32.4 Å². The van der Waals surface area contributed by atoms with Crippen LogP contribution >= 0.6 is 46.6 Å². The molecular formula is C31H23Cl3F5N5O4S. The van der Waals surface area contributed by atoms with E-state index in [4.69, 9.17) is 34.8 Å². The SMILES string of the molecule is N#CCC1c2cc(O)c(N3CCCN(C4CC4)C3=O)cc2CN1C(=O)c1c(Sc2c(Cl)ccc(C(F)(F)F)c2Cl)cc(C(F)(F)Cl)[nH]c1=O. The summed E-state index contributed by atoms with van der Waals surface area (Å²) in [5.41, 5.74) is -3.58. The molecule has 0 radical (unpaired) electrons. The van der Waals surface area contributed by atoms with Crippen LogP contribution in [0, 0.1) is 11.3 Å². The molecular weight excluding hydrogens is 740 g/mol. The lowest BCUT2D eigenvalue weighted by molar-refractivity contribution is -0.137. The molecule has 1 saturated heterocycles. The summed E-state index contributed by atoms with van der Waals surface area (Å²) in [4.78, 5) is 46.0. The number of benzene rings is 2. The van der Waals surface area contributed by atoms with Crippen molar-refractivity contribution in [2.75, 3.05) is 18.0 Å². The number of amides is 3. The van der Waals surface area contributed by atoms with Gasteiger partial charge in [-0.25, -0.2) is 4.79 Å². The Bertz CT molecular complexity index is 1980. The predicted octanol–water partition coefficient (Wildman–Crippen LogP) is 8.25. The topological polar surface area (TPSA) is 121 Å². The molecule has 258 valence electrons. The highest BCUT2D eigenvalue weighted by molar-refractivity contribution is 7.99. The van der Waals surface area contributed by atoms with E-state index in [0.29, 0.717) is 42.8 Å². The van der Waals surface area contributed by atoms with Gasteiger partial charge in [0.1, 0.15) is 17.0 Å². The second kappa shape index (κ2) is 12.9. The molecule has 0 spiro atoms. The Morgan fingerprint density at radius 2 is 1.82 bits per heavy atom. The molecule has 3 aromatic rings. The molecule has 2 fully saturated rings. The molecule has 3 aliphatic rings. The minimum Gasteiger partial charge on any atom is -0.506 e. The fourth-order valence-corrected chi connectivity index (χ4v) is 7.90. The zero-order valence-corrected chi connectivity index (χ0v) is 28.0. The van der Waals surface area contributed by atoms with Crippen LogP contribution in [-0.2, 0) is 18.1 Å². The maximum Gasteiger partial charge on any atom is 0.417 e. The molecule has 1 atom stereocenters. The van der Waals surface area contributed by atoms with E-state index in [1.54, 1.807) is 4.90 Å². The lowest BCUT2D eigenvalue weighted by Gasteiger charge is -2.36. The van der Waals surface area contributed by atoms with Crippen molar-refractivity contribution in [1.82, 2.24) is 14.8 Å². The van der Waals surface area contributed by atoms with Gasteiger partial charge in [-0.3, -0.25) is 14.5 Å². The Morgan fingerprint density at radius 3 is 2.45 bits per heavy atom. The van der Waals surface area contributed by atoms with E-state index in [1.165, 1.54) is 17.0 Å². The number of nitrogens with one attached hydrogen (secondary N) is 1. The Morgan fingerprint density at radius 1 is 1.10 bits per heavy atom. The van der Waals surface area contributed by atoms with E-state index in [0.717, 1.165) is 23.8 Å². The van der Waals surface area contributed by atoms with E-state index in [2.05, 4.69) is 0 Å². The van der Waals surface area contributed by atoms with Crippen LogP contribution in [0.15, 0.2) is 44.9 Å². The third kappa shape index (κ3) is 6.63. The maximum absolute atomic E-state index is 14.2. The minimum atomic E-state index is -4.93. The van der Waals surface area contributed by atoms with Crippen molar-refractivity contribution >= 4 is 64.2 Å². The number of phenols is 1. The van der Waals surface area contributed by atoms with E-state index >= 15 is 0 Å².